The molecule has 140 valence electrons. The predicted molar refractivity (Wildman–Crippen MR) is 96.9 cm³/mol. The Morgan fingerprint density at radius 2 is 1.73 bits per heavy atom. The first-order valence-corrected chi connectivity index (χ1v) is 9.61. The van der Waals surface area contributed by atoms with Crippen molar-refractivity contribution in [3.8, 4) is 5.75 Å². The lowest BCUT2D eigenvalue weighted by Gasteiger charge is -2.23. The highest BCUT2D eigenvalue weighted by atomic mass is 32.2. The van der Waals surface area contributed by atoms with Crippen molar-refractivity contribution in [3.63, 3.8) is 0 Å². The fourth-order valence-corrected chi connectivity index (χ4v) is 3.81. The van der Waals surface area contributed by atoms with Crippen LogP contribution >= 0.6 is 0 Å². The Balaban J connectivity index is 2.46. The quantitative estimate of drug-likeness (QED) is 0.743. The van der Waals surface area contributed by atoms with Crippen LogP contribution in [0.1, 0.15) is 39.2 Å². The van der Waals surface area contributed by atoms with Crippen LogP contribution in [0.25, 0.3) is 0 Å². The molecule has 2 aromatic rings. The van der Waals surface area contributed by atoms with Crippen LogP contribution in [0.3, 0.4) is 0 Å². The lowest BCUT2D eigenvalue weighted by Crippen LogP contribution is -2.27. The van der Waals surface area contributed by atoms with Crippen LogP contribution in [-0.4, -0.2) is 32.1 Å². The molecule has 0 amide bonds. The molecular formula is C19H23NO5S. The van der Waals surface area contributed by atoms with Gasteiger partial charge in [0.25, 0.3) is 0 Å². The minimum atomic E-state index is -3.89. The highest BCUT2D eigenvalue weighted by Crippen LogP contribution is 2.29. The van der Waals surface area contributed by atoms with Gasteiger partial charge in [0, 0.05) is 11.8 Å². The van der Waals surface area contributed by atoms with Crippen molar-refractivity contribution in [1.29, 1.82) is 0 Å². The van der Waals surface area contributed by atoms with Gasteiger partial charge in [-0.1, -0.05) is 6.07 Å². The summed E-state index contributed by atoms with van der Waals surface area (Å²) in [5, 5.41) is -0.150. The number of esters is 1. The SMILES string of the molecule is COc1ccc(S(=O)(=O)c2ncccc2C(C)C(=O)OC(C)(C)C)cc1. The molecule has 1 atom stereocenters. The molecule has 2 rings (SSSR count). The van der Waals surface area contributed by atoms with Crippen molar-refractivity contribution in [3.05, 3.63) is 48.2 Å². The number of methoxy groups -OCH3 is 1. The molecule has 6 nitrogen and oxygen atoms in total. The zero-order chi connectivity index (χ0) is 19.5. The average molecular weight is 377 g/mol. The molecule has 0 spiro atoms. The third kappa shape index (κ3) is 4.40. The molecule has 1 unspecified atom stereocenters. The Morgan fingerprint density at radius 3 is 2.27 bits per heavy atom. The summed E-state index contributed by atoms with van der Waals surface area (Å²) in [4.78, 5) is 16.5. The molecule has 0 saturated heterocycles. The molecule has 0 radical (unpaired) electrons. The number of rotatable bonds is 5. The summed E-state index contributed by atoms with van der Waals surface area (Å²) in [6.45, 7) is 6.89. The summed E-state index contributed by atoms with van der Waals surface area (Å²) in [6, 6.07) is 9.20. The molecule has 0 saturated carbocycles. The van der Waals surface area contributed by atoms with Gasteiger partial charge >= 0.3 is 5.97 Å². The molecule has 7 heteroatoms. The summed E-state index contributed by atoms with van der Waals surface area (Å²) in [5.74, 6) is -0.727. The van der Waals surface area contributed by atoms with Crippen LogP contribution < -0.4 is 4.74 Å². The number of carbonyl (C=O) groups excluding carboxylic acids is 1. The highest BCUT2D eigenvalue weighted by Gasteiger charge is 2.30. The van der Waals surface area contributed by atoms with E-state index in [0.29, 0.717) is 11.3 Å². The summed E-state index contributed by atoms with van der Waals surface area (Å²) in [5.41, 5.74) is -0.361. The number of nitrogens with zero attached hydrogens (tertiary/aromatic N) is 1. The third-order valence-electron chi connectivity index (χ3n) is 3.65. The summed E-state index contributed by atoms with van der Waals surface area (Å²) >= 11 is 0. The van der Waals surface area contributed by atoms with E-state index in [1.165, 1.54) is 25.4 Å². The van der Waals surface area contributed by atoms with Gasteiger partial charge in [0.2, 0.25) is 9.84 Å². The van der Waals surface area contributed by atoms with Gasteiger partial charge in [-0.3, -0.25) is 4.79 Å². The minimum Gasteiger partial charge on any atom is -0.497 e. The van der Waals surface area contributed by atoms with E-state index in [1.807, 2.05) is 0 Å². The third-order valence-corrected chi connectivity index (χ3v) is 5.39. The van der Waals surface area contributed by atoms with E-state index in [4.69, 9.17) is 9.47 Å². The summed E-state index contributed by atoms with van der Waals surface area (Å²) < 4.78 is 36.5. The second-order valence-corrected chi connectivity index (χ2v) is 8.70. The molecule has 1 aromatic heterocycles. The highest BCUT2D eigenvalue weighted by molar-refractivity contribution is 7.91. The average Bonchev–Trinajstić information content (AvgIpc) is 2.59. The number of benzene rings is 1. The Bertz CT molecular complexity index is 883. The first-order valence-electron chi connectivity index (χ1n) is 8.13. The monoisotopic (exact) mass is 377 g/mol. The van der Waals surface area contributed by atoms with Crippen LogP contribution in [0, 0.1) is 0 Å². The summed E-state index contributed by atoms with van der Waals surface area (Å²) in [6.07, 6.45) is 1.39. The molecule has 26 heavy (non-hydrogen) atoms. The fraction of sp³-hybridized carbons (Fsp3) is 0.368. The Kier molecular flexibility index (Phi) is 5.71. The number of hydrogen-bond acceptors (Lipinski definition) is 6. The Labute approximate surface area is 154 Å². The largest absolute Gasteiger partial charge is 0.497 e. The number of sulfone groups is 1. The van der Waals surface area contributed by atoms with Gasteiger partial charge in [-0.2, -0.15) is 0 Å². The Morgan fingerprint density at radius 1 is 1.12 bits per heavy atom. The van der Waals surface area contributed by atoms with Crippen molar-refractivity contribution in [2.24, 2.45) is 0 Å². The van der Waals surface area contributed by atoms with E-state index in [9.17, 15) is 13.2 Å². The van der Waals surface area contributed by atoms with Crippen LogP contribution in [0.5, 0.6) is 5.75 Å². The molecule has 1 heterocycles. The van der Waals surface area contributed by atoms with Crippen LogP contribution in [0.15, 0.2) is 52.5 Å². The van der Waals surface area contributed by atoms with E-state index in [-0.39, 0.29) is 9.92 Å². The molecule has 0 bridgehead atoms. The van der Waals surface area contributed by atoms with Crippen molar-refractivity contribution >= 4 is 15.8 Å². The van der Waals surface area contributed by atoms with Crippen molar-refractivity contribution < 1.29 is 22.7 Å². The number of ether oxygens (including phenoxy) is 2. The first-order chi connectivity index (χ1) is 12.1. The van der Waals surface area contributed by atoms with Gasteiger partial charge in [0.05, 0.1) is 17.9 Å². The lowest BCUT2D eigenvalue weighted by molar-refractivity contribution is -0.156. The second kappa shape index (κ2) is 7.45. The Hall–Kier alpha value is -2.41. The number of pyridine rings is 1. The van der Waals surface area contributed by atoms with Gasteiger partial charge in [-0.15, -0.1) is 0 Å². The second-order valence-electron chi connectivity index (χ2n) is 6.83. The molecular weight excluding hydrogens is 354 g/mol. The van der Waals surface area contributed by atoms with Gasteiger partial charge in [0.15, 0.2) is 5.03 Å². The molecule has 0 fully saturated rings. The maximum Gasteiger partial charge on any atom is 0.313 e. The maximum absolute atomic E-state index is 13.0. The van der Waals surface area contributed by atoms with Gasteiger partial charge in [-0.05, 0) is 58.0 Å². The smallest absolute Gasteiger partial charge is 0.313 e. The van der Waals surface area contributed by atoms with Crippen LogP contribution in [0.2, 0.25) is 0 Å². The van der Waals surface area contributed by atoms with Gasteiger partial charge < -0.3 is 9.47 Å². The van der Waals surface area contributed by atoms with Crippen LogP contribution in [-0.2, 0) is 19.4 Å². The molecule has 0 aliphatic heterocycles. The van der Waals surface area contributed by atoms with E-state index in [1.54, 1.807) is 52.0 Å². The standard InChI is InChI=1S/C19H23NO5S/c1-13(18(21)25-19(2,3)4)16-7-6-12-20-17(16)26(22,23)15-10-8-14(24-5)9-11-15/h6-13H,1-5H3. The van der Waals surface area contributed by atoms with Gasteiger partial charge in [-0.25, -0.2) is 13.4 Å². The minimum absolute atomic E-state index is 0.0784. The molecule has 1 aromatic carbocycles. The molecule has 0 N–H and O–H groups in total. The van der Waals surface area contributed by atoms with E-state index >= 15 is 0 Å². The van der Waals surface area contributed by atoms with Crippen molar-refractivity contribution in [2.75, 3.05) is 7.11 Å². The predicted octanol–water partition coefficient (Wildman–Crippen LogP) is 3.37. The fourth-order valence-electron chi connectivity index (χ4n) is 2.34. The van der Waals surface area contributed by atoms with Crippen LogP contribution in [0.4, 0.5) is 0 Å². The first kappa shape index (κ1) is 19.9. The number of carbonyl (C=O) groups is 1. The van der Waals surface area contributed by atoms with Gasteiger partial charge in [0.1, 0.15) is 11.4 Å². The lowest BCUT2D eigenvalue weighted by atomic mass is 10.0. The number of hydrogen-bond donors (Lipinski definition) is 0. The normalized spacial score (nSPS) is 13.1. The van der Waals surface area contributed by atoms with E-state index < -0.39 is 27.3 Å². The number of aromatic nitrogens is 1. The van der Waals surface area contributed by atoms with Crippen molar-refractivity contribution in [1.82, 2.24) is 4.98 Å². The zero-order valence-electron chi connectivity index (χ0n) is 15.5. The zero-order valence-corrected chi connectivity index (χ0v) is 16.3. The van der Waals surface area contributed by atoms with E-state index in [2.05, 4.69) is 4.98 Å². The topological polar surface area (TPSA) is 82.6 Å². The molecule has 0 aliphatic carbocycles. The summed E-state index contributed by atoms with van der Waals surface area (Å²) in [7, 11) is -2.39. The molecule has 0 aliphatic rings. The maximum atomic E-state index is 13.0. The van der Waals surface area contributed by atoms with Crippen molar-refractivity contribution in [2.45, 2.75) is 49.1 Å². The van der Waals surface area contributed by atoms with E-state index in [0.717, 1.165) is 0 Å².